The first kappa shape index (κ1) is 35.5. The number of carbonyl (C=O) groups is 2. The Balaban J connectivity index is 1.94. The van der Waals surface area contributed by atoms with E-state index in [2.05, 4.69) is 10.6 Å². The largest absolute Gasteiger partial charge is 0.497 e. The molecular formula is C34H46N4O6S. The molecule has 0 aliphatic rings. The molecule has 0 aliphatic carbocycles. The van der Waals surface area contributed by atoms with Crippen LogP contribution in [0.5, 0.6) is 5.75 Å². The monoisotopic (exact) mass is 638 g/mol. The van der Waals surface area contributed by atoms with Gasteiger partial charge in [-0.3, -0.25) is 9.59 Å². The Bertz CT molecular complexity index is 1510. The maximum atomic E-state index is 13.7. The van der Waals surface area contributed by atoms with Crippen molar-refractivity contribution in [2.24, 2.45) is 5.92 Å². The van der Waals surface area contributed by atoms with Gasteiger partial charge in [0.2, 0.25) is 10.0 Å². The Morgan fingerprint density at radius 2 is 1.60 bits per heavy atom. The van der Waals surface area contributed by atoms with Crippen molar-refractivity contribution in [1.29, 1.82) is 0 Å². The van der Waals surface area contributed by atoms with Gasteiger partial charge >= 0.3 is 0 Å². The van der Waals surface area contributed by atoms with E-state index in [0.717, 1.165) is 12.0 Å². The zero-order valence-electron chi connectivity index (χ0n) is 27.0. The van der Waals surface area contributed by atoms with Crippen molar-refractivity contribution in [1.82, 2.24) is 14.5 Å². The Morgan fingerprint density at radius 3 is 2.18 bits per heavy atom. The molecule has 0 fully saturated rings. The number of nitrogens with zero attached hydrogens (tertiary/aromatic N) is 2. The summed E-state index contributed by atoms with van der Waals surface area (Å²) in [5.74, 6) is -0.206. The molecule has 3 rings (SSSR count). The fourth-order valence-corrected chi connectivity index (χ4v) is 6.62. The van der Waals surface area contributed by atoms with Gasteiger partial charge in [-0.15, -0.1) is 0 Å². The summed E-state index contributed by atoms with van der Waals surface area (Å²) in [7, 11) is 0.938. The Morgan fingerprint density at radius 1 is 0.956 bits per heavy atom. The van der Waals surface area contributed by atoms with Gasteiger partial charge in [0.25, 0.3) is 11.8 Å². The number of aliphatic hydroxyl groups is 1. The van der Waals surface area contributed by atoms with Crippen LogP contribution in [0.2, 0.25) is 0 Å². The number of hydrogen-bond donors (Lipinski definition) is 3. The number of ether oxygens (including phenoxy) is 1. The van der Waals surface area contributed by atoms with E-state index in [1.54, 1.807) is 43.3 Å². The first-order valence-electron chi connectivity index (χ1n) is 15.1. The van der Waals surface area contributed by atoms with E-state index < -0.39 is 28.1 Å². The van der Waals surface area contributed by atoms with Crippen LogP contribution in [0.15, 0.2) is 77.7 Å². The van der Waals surface area contributed by atoms with Gasteiger partial charge in [-0.05, 0) is 66.8 Å². The van der Waals surface area contributed by atoms with Crippen LogP contribution in [0, 0.1) is 5.92 Å². The zero-order chi connectivity index (χ0) is 33.1. The van der Waals surface area contributed by atoms with Crippen LogP contribution in [0.4, 0.5) is 5.69 Å². The summed E-state index contributed by atoms with van der Waals surface area (Å²) in [4.78, 5) is 28.5. The van der Waals surface area contributed by atoms with Gasteiger partial charge in [0.05, 0.1) is 24.2 Å². The Labute approximate surface area is 267 Å². The van der Waals surface area contributed by atoms with Gasteiger partial charge in [0, 0.05) is 50.5 Å². The van der Waals surface area contributed by atoms with Gasteiger partial charge in [-0.2, -0.15) is 4.31 Å². The number of hydrogen-bond acceptors (Lipinski definition) is 7. The van der Waals surface area contributed by atoms with Crippen molar-refractivity contribution in [3.63, 3.8) is 0 Å². The molecule has 0 bridgehead atoms. The van der Waals surface area contributed by atoms with E-state index in [1.807, 2.05) is 51.1 Å². The van der Waals surface area contributed by atoms with Crippen LogP contribution in [-0.2, 0) is 16.4 Å². The van der Waals surface area contributed by atoms with Crippen molar-refractivity contribution in [2.75, 3.05) is 46.2 Å². The van der Waals surface area contributed by atoms with Gasteiger partial charge in [0.1, 0.15) is 5.75 Å². The molecule has 11 heteroatoms. The van der Waals surface area contributed by atoms with Crippen LogP contribution < -0.4 is 15.4 Å². The summed E-state index contributed by atoms with van der Waals surface area (Å²) in [5, 5.41) is 17.5. The van der Waals surface area contributed by atoms with Gasteiger partial charge < -0.3 is 25.4 Å². The average Bonchev–Trinajstić information content (AvgIpc) is 3.03. The highest BCUT2D eigenvalue weighted by atomic mass is 32.2. The van der Waals surface area contributed by atoms with E-state index in [-0.39, 0.29) is 41.8 Å². The highest BCUT2D eigenvalue weighted by molar-refractivity contribution is 7.89. The first-order chi connectivity index (χ1) is 21.4. The number of amides is 2. The fraction of sp³-hybridized carbons (Fsp3) is 0.412. The van der Waals surface area contributed by atoms with Gasteiger partial charge in [0.15, 0.2) is 0 Å². The SMILES string of the molecule is CCCN(C)C(=O)c1cc(NC)cc(C(=O)N[C@@H](Cc2ccccc2)[C@H](O)CN(CC(C)C)S(=O)(=O)c2ccc(OC)cc2)c1. The van der Waals surface area contributed by atoms with Crippen LogP contribution >= 0.6 is 0 Å². The number of aliphatic hydroxyl groups excluding tert-OH is 1. The van der Waals surface area contributed by atoms with E-state index >= 15 is 0 Å². The molecule has 3 N–H and O–H groups in total. The lowest BCUT2D eigenvalue weighted by Crippen LogP contribution is -2.51. The number of carbonyl (C=O) groups excluding carboxylic acids is 2. The van der Waals surface area contributed by atoms with Gasteiger partial charge in [-0.25, -0.2) is 8.42 Å². The molecule has 0 aromatic heterocycles. The third kappa shape index (κ3) is 9.78. The second kappa shape index (κ2) is 16.4. The summed E-state index contributed by atoms with van der Waals surface area (Å²) in [6, 6.07) is 19.5. The van der Waals surface area contributed by atoms with E-state index in [9.17, 15) is 23.1 Å². The number of benzene rings is 3. The summed E-state index contributed by atoms with van der Waals surface area (Å²) in [6.07, 6.45) is -0.212. The molecule has 0 saturated heterocycles. The number of methoxy groups -OCH3 is 1. The summed E-state index contributed by atoms with van der Waals surface area (Å²) in [6.45, 7) is 6.28. The standard InChI is InChI=1S/C34H46N4O6S/c1-7-17-37(5)34(41)27-19-26(20-28(21-27)35-4)33(40)36-31(18-25-11-9-8-10-12-25)32(39)23-38(22-24(2)3)45(42,43)30-15-13-29(44-6)14-16-30/h8-16,19-21,24,31-32,35,39H,7,17-18,22-23H2,1-6H3,(H,36,40)/t31-,32+/m0/s1. The summed E-state index contributed by atoms with van der Waals surface area (Å²) < 4.78 is 33.9. The minimum Gasteiger partial charge on any atom is -0.497 e. The molecule has 0 saturated carbocycles. The summed E-state index contributed by atoms with van der Waals surface area (Å²) >= 11 is 0. The van der Waals surface area contributed by atoms with Crippen molar-refractivity contribution < 1.29 is 27.9 Å². The maximum Gasteiger partial charge on any atom is 0.253 e. The van der Waals surface area contributed by atoms with Gasteiger partial charge in [-0.1, -0.05) is 51.1 Å². The quantitative estimate of drug-likeness (QED) is 0.214. The maximum absolute atomic E-state index is 13.7. The molecule has 0 radical (unpaired) electrons. The molecule has 3 aromatic rings. The molecule has 0 aliphatic heterocycles. The second-order valence-electron chi connectivity index (χ2n) is 11.5. The first-order valence-corrected chi connectivity index (χ1v) is 16.6. The minimum atomic E-state index is -3.99. The molecular weight excluding hydrogens is 592 g/mol. The molecule has 2 amide bonds. The van der Waals surface area contributed by atoms with E-state index in [0.29, 0.717) is 23.5 Å². The molecule has 0 spiro atoms. The highest BCUT2D eigenvalue weighted by Crippen LogP contribution is 2.22. The van der Waals surface area contributed by atoms with Crippen molar-refractivity contribution in [2.45, 2.75) is 50.7 Å². The van der Waals surface area contributed by atoms with Crippen LogP contribution in [-0.4, -0.2) is 87.5 Å². The lowest BCUT2D eigenvalue weighted by molar-refractivity contribution is 0.0775. The lowest BCUT2D eigenvalue weighted by Gasteiger charge is -2.31. The topological polar surface area (TPSA) is 128 Å². The van der Waals surface area contributed by atoms with Crippen molar-refractivity contribution in [3.8, 4) is 5.75 Å². The van der Waals surface area contributed by atoms with Crippen molar-refractivity contribution in [3.05, 3.63) is 89.5 Å². The normalized spacial score (nSPS) is 12.9. The number of rotatable bonds is 16. The zero-order valence-corrected chi connectivity index (χ0v) is 27.8. The third-order valence-electron chi connectivity index (χ3n) is 7.37. The average molecular weight is 639 g/mol. The van der Waals surface area contributed by atoms with Crippen molar-refractivity contribution >= 4 is 27.5 Å². The number of nitrogens with one attached hydrogen (secondary N) is 2. The predicted molar refractivity (Wildman–Crippen MR) is 177 cm³/mol. The van der Waals surface area contributed by atoms with E-state index in [4.69, 9.17) is 4.74 Å². The van der Waals surface area contributed by atoms with Crippen LogP contribution in [0.25, 0.3) is 0 Å². The molecule has 0 heterocycles. The lowest BCUT2D eigenvalue weighted by atomic mass is 9.99. The Kier molecular flexibility index (Phi) is 13.0. The molecule has 0 unspecified atom stereocenters. The second-order valence-corrected chi connectivity index (χ2v) is 13.4. The fourth-order valence-electron chi connectivity index (χ4n) is 5.00. The van der Waals surface area contributed by atoms with Crippen LogP contribution in [0.3, 0.4) is 0 Å². The summed E-state index contributed by atoms with van der Waals surface area (Å²) in [5.41, 5.74) is 2.04. The molecule has 244 valence electrons. The third-order valence-corrected chi connectivity index (χ3v) is 9.22. The van der Waals surface area contributed by atoms with Crippen LogP contribution in [0.1, 0.15) is 53.5 Å². The molecule has 10 nitrogen and oxygen atoms in total. The number of sulfonamides is 1. The Hall–Kier alpha value is -3.93. The minimum absolute atomic E-state index is 0.0292. The smallest absolute Gasteiger partial charge is 0.253 e. The molecule has 45 heavy (non-hydrogen) atoms. The van der Waals surface area contributed by atoms with E-state index in [1.165, 1.54) is 29.6 Å². The number of anilines is 1. The highest BCUT2D eigenvalue weighted by Gasteiger charge is 2.32. The molecule has 2 atom stereocenters. The molecule has 3 aromatic carbocycles. The predicted octanol–water partition coefficient (Wildman–Crippen LogP) is 4.27.